The van der Waals surface area contributed by atoms with Crippen molar-refractivity contribution in [3.63, 3.8) is 0 Å². The van der Waals surface area contributed by atoms with Gasteiger partial charge in [0.05, 0.1) is 17.9 Å². The third-order valence-electron chi connectivity index (χ3n) is 3.60. The Hall–Kier alpha value is -1.37. The predicted molar refractivity (Wildman–Crippen MR) is 57.0 cm³/mol. The van der Waals surface area contributed by atoms with Gasteiger partial charge in [-0.3, -0.25) is 14.5 Å². The normalized spacial score (nSPS) is 28.3. The molecule has 0 N–H and O–H groups in total. The van der Waals surface area contributed by atoms with E-state index in [1.165, 1.54) is 4.90 Å². The highest BCUT2D eigenvalue weighted by atomic mass is 16.2. The lowest BCUT2D eigenvalue weighted by molar-refractivity contribution is -0.140. The Morgan fingerprint density at radius 3 is 2.38 bits per heavy atom. The summed E-state index contributed by atoms with van der Waals surface area (Å²) in [6.45, 7) is 0.506. The number of nitrogens with zero attached hydrogens (tertiary/aromatic N) is 2. The number of unbranched alkanes of at least 4 members (excludes halogenated alkanes) is 2. The summed E-state index contributed by atoms with van der Waals surface area (Å²) in [7, 11) is 0. The Balaban J connectivity index is 1.89. The number of hydrogen-bond acceptors (Lipinski definition) is 3. The van der Waals surface area contributed by atoms with Gasteiger partial charge >= 0.3 is 0 Å². The first-order chi connectivity index (χ1) is 7.75. The van der Waals surface area contributed by atoms with Gasteiger partial charge in [0, 0.05) is 13.0 Å². The zero-order chi connectivity index (χ0) is 11.5. The van der Waals surface area contributed by atoms with Crippen LogP contribution in [0.5, 0.6) is 0 Å². The van der Waals surface area contributed by atoms with Crippen LogP contribution in [0.1, 0.15) is 38.5 Å². The van der Waals surface area contributed by atoms with Crippen LogP contribution in [0.4, 0.5) is 0 Å². The fraction of sp³-hybridized carbons (Fsp3) is 0.750. The average Bonchev–Trinajstić information content (AvgIpc) is 2.83. The van der Waals surface area contributed by atoms with Gasteiger partial charge in [0.25, 0.3) is 0 Å². The maximum absolute atomic E-state index is 11.9. The van der Waals surface area contributed by atoms with Gasteiger partial charge in [0.2, 0.25) is 11.8 Å². The van der Waals surface area contributed by atoms with Crippen LogP contribution in [-0.2, 0) is 9.59 Å². The number of amides is 2. The third kappa shape index (κ3) is 1.82. The van der Waals surface area contributed by atoms with Crippen molar-refractivity contribution in [2.75, 3.05) is 6.54 Å². The van der Waals surface area contributed by atoms with Crippen molar-refractivity contribution in [1.29, 1.82) is 5.26 Å². The number of carbonyl (C=O) groups is 2. The molecular formula is C12H16N2O2. The molecule has 2 unspecified atom stereocenters. The number of likely N-dealkylation sites (tertiary alicyclic amines) is 1. The minimum Gasteiger partial charge on any atom is -0.282 e. The lowest BCUT2D eigenvalue weighted by atomic mass is 10.00. The second kappa shape index (κ2) is 4.65. The van der Waals surface area contributed by atoms with Gasteiger partial charge in [-0.1, -0.05) is 6.42 Å². The molecule has 0 aromatic carbocycles. The molecule has 1 saturated heterocycles. The van der Waals surface area contributed by atoms with E-state index >= 15 is 0 Å². The number of imide groups is 1. The molecule has 1 aliphatic heterocycles. The number of fused-ring (bicyclic) bond motifs is 1. The van der Waals surface area contributed by atoms with Crippen molar-refractivity contribution in [3.8, 4) is 6.07 Å². The SMILES string of the molecule is N#CCCCCN1C(=O)C2CCCC2C1=O. The summed E-state index contributed by atoms with van der Waals surface area (Å²) in [5.41, 5.74) is 0. The molecule has 2 aliphatic rings. The van der Waals surface area contributed by atoms with Crippen molar-refractivity contribution in [3.05, 3.63) is 0 Å². The average molecular weight is 220 g/mol. The number of nitriles is 1. The summed E-state index contributed by atoms with van der Waals surface area (Å²) in [6, 6.07) is 2.07. The van der Waals surface area contributed by atoms with Crippen molar-refractivity contribution in [2.45, 2.75) is 38.5 Å². The minimum absolute atomic E-state index is 0.0246. The van der Waals surface area contributed by atoms with Crippen LogP contribution in [0.25, 0.3) is 0 Å². The molecule has 86 valence electrons. The highest BCUT2D eigenvalue weighted by Gasteiger charge is 2.49. The second-order valence-electron chi connectivity index (χ2n) is 4.59. The topological polar surface area (TPSA) is 61.2 Å². The summed E-state index contributed by atoms with van der Waals surface area (Å²) in [4.78, 5) is 25.2. The molecule has 1 heterocycles. The Labute approximate surface area is 95.2 Å². The van der Waals surface area contributed by atoms with Gasteiger partial charge < -0.3 is 0 Å². The van der Waals surface area contributed by atoms with Gasteiger partial charge in [0.15, 0.2) is 0 Å². The second-order valence-corrected chi connectivity index (χ2v) is 4.59. The van der Waals surface area contributed by atoms with Crippen molar-refractivity contribution < 1.29 is 9.59 Å². The van der Waals surface area contributed by atoms with E-state index < -0.39 is 0 Å². The van der Waals surface area contributed by atoms with E-state index in [1.54, 1.807) is 0 Å². The smallest absolute Gasteiger partial charge is 0.233 e. The zero-order valence-corrected chi connectivity index (χ0v) is 9.32. The fourth-order valence-electron chi connectivity index (χ4n) is 2.75. The zero-order valence-electron chi connectivity index (χ0n) is 9.32. The Kier molecular flexibility index (Phi) is 3.23. The third-order valence-corrected chi connectivity index (χ3v) is 3.60. The van der Waals surface area contributed by atoms with Gasteiger partial charge in [0.1, 0.15) is 0 Å². The van der Waals surface area contributed by atoms with Gasteiger partial charge in [-0.25, -0.2) is 0 Å². The molecule has 1 aliphatic carbocycles. The van der Waals surface area contributed by atoms with Crippen molar-refractivity contribution in [2.24, 2.45) is 11.8 Å². The quantitative estimate of drug-likeness (QED) is 0.532. The van der Waals surface area contributed by atoms with Gasteiger partial charge in [-0.15, -0.1) is 0 Å². The molecule has 2 rings (SSSR count). The molecule has 0 aromatic heterocycles. The molecule has 4 heteroatoms. The van der Waals surface area contributed by atoms with Crippen molar-refractivity contribution >= 4 is 11.8 Å². The Morgan fingerprint density at radius 1 is 1.19 bits per heavy atom. The lowest BCUT2D eigenvalue weighted by Gasteiger charge is -2.14. The largest absolute Gasteiger partial charge is 0.282 e. The van der Waals surface area contributed by atoms with E-state index in [0.29, 0.717) is 13.0 Å². The summed E-state index contributed by atoms with van der Waals surface area (Å²) >= 11 is 0. The van der Waals surface area contributed by atoms with E-state index in [0.717, 1.165) is 32.1 Å². The maximum Gasteiger partial charge on any atom is 0.233 e. The molecule has 4 nitrogen and oxygen atoms in total. The number of rotatable bonds is 4. The highest BCUT2D eigenvalue weighted by Crippen LogP contribution is 2.39. The van der Waals surface area contributed by atoms with E-state index in [4.69, 9.17) is 5.26 Å². The molecule has 0 spiro atoms. The first kappa shape index (κ1) is 11.1. The van der Waals surface area contributed by atoms with Crippen LogP contribution in [0.15, 0.2) is 0 Å². The monoisotopic (exact) mass is 220 g/mol. The molecule has 0 radical (unpaired) electrons. The van der Waals surface area contributed by atoms with E-state index in [2.05, 4.69) is 6.07 Å². The van der Waals surface area contributed by atoms with Crippen LogP contribution in [-0.4, -0.2) is 23.3 Å². The number of carbonyl (C=O) groups excluding carboxylic acids is 2. The molecule has 2 atom stereocenters. The van der Waals surface area contributed by atoms with Crippen LogP contribution in [0, 0.1) is 23.2 Å². The highest BCUT2D eigenvalue weighted by molar-refractivity contribution is 6.05. The number of hydrogen-bond donors (Lipinski definition) is 0. The summed E-state index contributed by atoms with van der Waals surface area (Å²) in [5, 5.41) is 8.40. The minimum atomic E-state index is -0.0246. The van der Waals surface area contributed by atoms with Crippen LogP contribution < -0.4 is 0 Å². The standard InChI is InChI=1S/C12H16N2O2/c13-7-2-1-3-8-14-11(15)9-5-4-6-10(9)12(14)16/h9-10H,1-6,8H2. The van der Waals surface area contributed by atoms with Gasteiger partial charge in [-0.2, -0.15) is 5.26 Å². The van der Waals surface area contributed by atoms with Crippen LogP contribution in [0.3, 0.4) is 0 Å². The summed E-state index contributed by atoms with van der Waals surface area (Å²) in [6.07, 6.45) is 4.79. The van der Waals surface area contributed by atoms with Crippen molar-refractivity contribution in [1.82, 2.24) is 4.90 Å². The molecule has 2 amide bonds. The van der Waals surface area contributed by atoms with E-state index in [-0.39, 0.29) is 23.7 Å². The Morgan fingerprint density at radius 2 is 1.81 bits per heavy atom. The van der Waals surface area contributed by atoms with Gasteiger partial charge in [-0.05, 0) is 25.7 Å². The molecule has 16 heavy (non-hydrogen) atoms. The maximum atomic E-state index is 11.9. The summed E-state index contributed by atoms with van der Waals surface area (Å²) in [5.74, 6) is 0.0147. The van der Waals surface area contributed by atoms with Crippen LogP contribution >= 0.6 is 0 Å². The first-order valence-corrected chi connectivity index (χ1v) is 5.98. The lowest BCUT2D eigenvalue weighted by Crippen LogP contribution is -2.32. The van der Waals surface area contributed by atoms with E-state index in [9.17, 15) is 9.59 Å². The first-order valence-electron chi connectivity index (χ1n) is 5.98. The molecule has 1 saturated carbocycles. The predicted octanol–water partition coefficient (Wildman–Crippen LogP) is 1.47. The molecule has 2 fully saturated rings. The van der Waals surface area contributed by atoms with E-state index in [1.807, 2.05) is 0 Å². The fourth-order valence-corrected chi connectivity index (χ4v) is 2.75. The summed E-state index contributed by atoms with van der Waals surface area (Å²) < 4.78 is 0. The molecular weight excluding hydrogens is 204 g/mol. The molecule has 0 bridgehead atoms. The Bertz CT molecular complexity index is 323. The molecule has 0 aromatic rings. The van der Waals surface area contributed by atoms with Crippen LogP contribution in [0.2, 0.25) is 0 Å².